The molecule has 4 rings (SSSR count). The van der Waals surface area contributed by atoms with Gasteiger partial charge in [0.25, 0.3) is 0 Å². The van der Waals surface area contributed by atoms with E-state index in [2.05, 4.69) is 20.3 Å². The molecule has 1 heterocycles. The van der Waals surface area contributed by atoms with Crippen LogP contribution in [0.1, 0.15) is 17.7 Å². The number of azo groups is 1. The Labute approximate surface area is 245 Å². The van der Waals surface area contributed by atoms with Crippen molar-refractivity contribution in [1.29, 1.82) is 0 Å². The molecule has 0 aliphatic rings. The Morgan fingerprint density at radius 3 is 2.21 bits per heavy atom. The third-order valence-electron chi connectivity index (χ3n) is 6.79. The van der Waals surface area contributed by atoms with Crippen molar-refractivity contribution >= 4 is 50.3 Å². The monoisotopic (exact) mass is 590 g/mol. The van der Waals surface area contributed by atoms with Gasteiger partial charge in [-0.15, -0.1) is 0 Å². The molecule has 1 aromatic heterocycles. The van der Waals surface area contributed by atoms with E-state index in [1.165, 1.54) is 16.7 Å². The molecule has 42 heavy (non-hydrogen) atoms. The van der Waals surface area contributed by atoms with E-state index in [1.807, 2.05) is 43.3 Å². The molecule has 0 aliphatic carbocycles. The van der Waals surface area contributed by atoms with Gasteiger partial charge in [0.1, 0.15) is 5.75 Å². The first-order valence-electron chi connectivity index (χ1n) is 13.3. The van der Waals surface area contributed by atoms with E-state index in [4.69, 9.17) is 4.74 Å². The van der Waals surface area contributed by atoms with Gasteiger partial charge in [0, 0.05) is 44.0 Å². The van der Waals surface area contributed by atoms with Crippen LogP contribution in [-0.2, 0) is 26.0 Å². The Kier molecular flexibility index (Phi) is 9.71. The van der Waals surface area contributed by atoms with Crippen molar-refractivity contribution in [2.45, 2.75) is 24.7 Å². The van der Waals surface area contributed by atoms with Crippen molar-refractivity contribution in [2.24, 2.45) is 10.2 Å². The fourth-order valence-electron chi connectivity index (χ4n) is 4.43. The number of carbonyl (C=O) groups is 2. The van der Waals surface area contributed by atoms with E-state index >= 15 is 0 Å². The van der Waals surface area contributed by atoms with Crippen molar-refractivity contribution in [3.63, 3.8) is 0 Å². The number of amides is 1. The van der Waals surface area contributed by atoms with Gasteiger partial charge >= 0.3 is 0 Å². The molecule has 220 valence electrons. The molecule has 3 aromatic carbocycles. The van der Waals surface area contributed by atoms with Crippen LogP contribution in [0.5, 0.6) is 5.75 Å². The number of hydrogen-bond acceptors (Lipinski definition) is 8. The Bertz CT molecular complexity index is 1700. The second-order valence-corrected chi connectivity index (χ2v) is 11.6. The summed E-state index contributed by atoms with van der Waals surface area (Å²) in [5, 5.41) is 12.0. The highest BCUT2D eigenvalue weighted by Crippen LogP contribution is 2.29. The highest BCUT2D eigenvalue weighted by molar-refractivity contribution is 7.89. The van der Waals surface area contributed by atoms with Crippen LogP contribution in [0.25, 0.3) is 10.9 Å². The summed E-state index contributed by atoms with van der Waals surface area (Å²) in [6, 6.07) is 19.1. The first kappa shape index (κ1) is 30.4. The molecule has 0 spiro atoms. The number of sulfonamides is 1. The number of nitrogens with one attached hydrogen (secondary N) is 2. The number of benzene rings is 3. The first-order valence-corrected chi connectivity index (χ1v) is 14.8. The van der Waals surface area contributed by atoms with Gasteiger partial charge in [-0.1, -0.05) is 0 Å². The van der Waals surface area contributed by atoms with Gasteiger partial charge in [-0.25, -0.2) is 13.1 Å². The van der Waals surface area contributed by atoms with Crippen LogP contribution in [0, 0.1) is 6.92 Å². The molecule has 0 aliphatic heterocycles. The van der Waals surface area contributed by atoms with E-state index in [9.17, 15) is 18.0 Å². The lowest BCUT2D eigenvalue weighted by atomic mass is 10.1. The van der Waals surface area contributed by atoms with Gasteiger partial charge in [-0.3, -0.25) is 14.2 Å². The summed E-state index contributed by atoms with van der Waals surface area (Å²) < 4.78 is 34.7. The number of carbonyl (C=O) groups excluding carboxylic acids is 2. The maximum absolute atomic E-state index is 12.7. The highest BCUT2D eigenvalue weighted by Gasteiger charge is 2.18. The zero-order chi connectivity index (χ0) is 30.3. The molecular formula is C30H34N6O5S. The summed E-state index contributed by atoms with van der Waals surface area (Å²) in [6.07, 6.45) is 1.20. The molecule has 0 saturated heterocycles. The maximum Gasteiger partial charge on any atom is 0.240 e. The quantitative estimate of drug-likeness (QED) is 0.134. The Morgan fingerprint density at radius 1 is 0.976 bits per heavy atom. The lowest BCUT2D eigenvalue weighted by Gasteiger charge is -2.11. The largest absolute Gasteiger partial charge is 0.497 e. The van der Waals surface area contributed by atoms with Gasteiger partial charge in [0.05, 0.1) is 35.3 Å². The van der Waals surface area contributed by atoms with Gasteiger partial charge in [-0.2, -0.15) is 10.2 Å². The van der Waals surface area contributed by atoms with Gasteiger partial charge in [0.15, 0.2) is 0 Å². The molecule has 0 atom stereocenters. The van der Waals surface area contributed by atoms with E-state index in [-0.39, 0.29) is 30.3 Å². The summed E-state index contributed by atoms with van der Waals surface area (Å²) in [5.74, 6) is 0.400. The third-order valence-corrected chi connectivity index (χ3v) is 8.27. The smallest absolute Gasteiger partial charge is 0.240 e. The third kappa shape index (κ3) is 7.20. The van der Waals surface area contributed by atoms with Crippen LogP contribution < -0.4 is 19.7 Å². The Morgan fingerprint density at radius 2 is 1.62 bits per heavy atom. The number of rotatable bonds is 13. The zero-order valence-electron chi connectivity index (χ0n) is 24.0. The normalized spacial score (nSPS) is 11.6. The highest BCUT2D eigenvalue weighted by atomic mass is 32.2. The van der Waals surface area contributed by atoms with E-state index < -0.39 is 10.0 Å². The molecule has 0 radical (unpaired) electrons. The topological polar surface area (TPSA) is 134 Å². The number of nitrogens with zero attached hydrogens (tertiary/aromatic N) is 4. The number of aromatic nitrogens is 1. The van der Waals surface area contributed by atoms with E-state index in [0.717, 1.165) is 23.0 Å². The second-order valence-electron chi connectivity index (χ2n) is 9.81. The summed E-state index contributed by atoms with van der Waals surface area (Å²) in [7, 11) is 1.74. The average Bonchev–Trinajstić information content (AvgIpc) is 3.25. The minimum absolute atomic E-state index is 0.0765. The van der Waals surface area contributed by atoms with Gasteiger partial charge in [-0.05, 0) is 85.6 Å². The molecule has 12 heteroatoms. The molecule has 11 nitrogen and oxygen atoms in total. The lowest BCUT2D eigenvalue weighted by molar-refractivity contribution is -0.120. The van der Waals surface area contributed by atoms with Crippen LogP contribution in [-0.4, -0.2) is 59.6 Å². The summed E-state index contributed by atoms with van der Waals surface area (Å²) >= 11 is 0. The second kappa shape index (κ2) is 13.4. The molecular weight excluding hydrogens is 556 g/mol. The average molecular weight is 591 g/mol. The number of ether oxygens (including phenoxy) is 1. The minimum atomic E-state index is -3.73. The fourth-order valence-corrected chi connectivity index (χ4v) is 5.50. The van der Waals surface area contributed by atoms with Gasteiger partial charge in [0.2, 0.25) is 22.3 Å². The molecule has 0 fully saturated rings. The van der Waals surface area contributed by atoms with Crippen LogP contribution in [0.4, 0.5) is 17.1 Å². The SMILES string of the molecule is COc1ccc2c(c1)c(CC(=O)NCCCNS(=O)(=O)c1ccc(N=Nc3ccc(N(C)C)cc3)cc1)c(C)n2C=O. The molecule has 4 aromatic rings. The van der Waals surface area contributed by atoms with E-state index in [0.29, 0.717) is 34.8 Å². The van der Waals surface area contributed by atoms with Crippen LogP contribution >= 0.6 is 0 Å². The van der Waals surface area contributed by atoms with Crippen LogP contribution in [0.2, 0.25) is 0 Å². The van der Waals surface area contributed by atoms with E-state index in [1.54, 1.807) is 44.4 Å². The number of methoxy groups -OCH3 is 1. The molecule has 1 amide bonds. The minimum Gasteiger partial charge on any atom is -0.497 e. The summed E-state index contributed by atoms with van der Waals surface area (Å²) in [5.41, 5.74) is 4.38. The zero-order valence-corrected chi connectivity index (χ0v) is 24.8. The number of anilines is 1. The predicted molar refractivity (Wildman–Crippen MR) is 163 cm³/mol. The Hall–Kier alpha value is -4.55. The van der Waals surface area contributed by atoms with Crippen LogP contribution in [0.3, 0.4) is 0 Å². The van der Waals surface area contributed by atoms with Crippen molar-refractivity contribution in [2.75, 3.05) is 39.2 Å². The fraction of sp³-hybridized carbons (Fsp3) is 0.267. The lowest BCUT2D eigenvalue weighted by Crippen LogP contribution is -2.30. The van der Waals surface area contributed by atoms with Crippen molar-refractivity contribution in [3.05, 3.63) is 78.0 Å². The van der Waals surface area contributed by atoms with Gasteiger partial charge < -0.3 is 15.0 Å². The molecule has 0 bridgehead atoms. The van der Waals surface area contributed by atoms with Crippen LogP contribution in [0.15, 0.2) is 81.9 Å². The number of fused-ring (bicyclic) bond motifs is 1. The maximum atomic E-state index is 12.7. The van der Waals surface area contributed by atoms with Crippen molar-refractivity contribution in [1.82, 2.24) is 14.6 Å². The standard InChI is InChI=1S/C30H34N6O5S/c1-21-27(28-18-25(41-4)12-15-29(28)36(21)20-37)19-30(38)31-16-5-17-32-42(39,40)26-13-8-23(9-14-26)34-33-22-6-10-24(11-7-22)35(2)3/h6-15,18,20,32H,5,16-17,19H2,1-4H3,(H,31,38). The molecule has 0 saturated carbocycles. The van der Waals surface area contributed by atoms with Crippen molar-refractivity contribution < 1.29 is 22.7 Å². The summed E-state index contributed by atoms with van der Waals surface area (Å²) in [4.78, 5) is 26.4. The molecule has 2 N–H and O–H groups in total. The predicted octanol–water partition coefficient (Wildman–Crippen LogP) is 4.51. The first-order chi connectivity index (χ1) is 20.1. The Balaban J connectivity index is 1.26. The number of hydrogen-bond donors (Lipinski definition) is 2. The molecule has 0 unspecified atom stereocenters. The van der Waals surface area contributed by atoms with Crippen molar-refractivity contribution in [3.8, 4) is 5.75 Å². The summed E-state index contributed by atoms with van der Waals surface area (Å²) in [6.45, 7) is 2.22.